The third kappa shape index (κ3) is 5.01. The topological polar surface area (TPSA) is 3.24 Å². The quantitative estimate of drug-likeness (QED) is 0.163. The van der Waals surface area contributed by atoms with Crippen LogP contribution in [0.4, 0.5) is 17.1 Å². The standard InChI is InChI=1S/C60H41N/c1-5-21-43(22-6-1)59(44-23-7-2-8-24-44)53-33-17-19-35-55(53)60(56-36-20-18-34-54(56)59)52-32-16-15-30-49(52)50-38-37-42(41-57(50)60)47-39-40-58(51-31-14-13-29-48(47)51)61(45-25-9-3-10-26-45)46-27-11-4-12-28-46/h1-41H. The normalized spacial score (nSPS) is 13.8. The van der Waals surface area contributed by atoms with Gasteiger partial charge in [0.2, 0.25) is 0 Å². The number of hydrogen-bond acceptors (Lipinski definition) is 1. The van der Waals surface area contributed by atoms with Gasteiger partial charge in [-0.05, 0) is 109 Å². The molecule has 0 saturated carbocycles. The van der Waals surface area contributed by atoms with E-state index in [1.807, 2.05) is 0 Å². The summed E-state index contributed by atoms with van der Waals surface area (Å²) in [6, 6.07) is 92.3. The van der Waals surface area contributed by atoms with Crippen molar-refractivity contribution < 1.29 is 0 Å². The van der Waals surface area contributed by atoms with E-state index >= 15 is 0 Å². The predicted molar refractivity (Wildman–Crippen MR) is 253 cm³/mol. The van der Waals surface area contributed by atoms with Crippen LogP contribution in [0.2, 0.25) is 0 Å². The highest BCUT2D eigenvalue weighted by molar-refractivity contribution is 6.06. The van der Waals surface area contributed by atoms with Gasteiger partial charge in [-0.3, -0.25) is 0 Å². The van der Waals surface area contributed by atoms with Crippen molar-refractivity contribution in [1.82, 2.24) is 0 Å². The molecule has 10 aromatic carbocycles. The van der Waals surface area contributed by atoms with Gasteiger partial charge in [-0.15, -0.1) is 0 Å². The first-order valence-corrected chi connectivity index (χ1v) is 21.3. The molecule has 0 amide bonds. The van der Waals surface area contributed by atoms with Crippen LogP contribution < -0.4 is 4.90 Å². The Balaban J connectivity index is 1.13. The summed E-state index contributed by atoms with van der Waals surface area (Å²) < 4.78 is 0. The van der Waals surface area contributed by atoms with Crippen LogP contribution in [0, 0.1) is 0 Å². The van der Waals surface area contributed by atoms with E-state index in [1.165, 1.54) is 77.5 Å². The molecule has 2 aliphatic rings. The highest BCUT2D eigenvalue weighted by atomic mass is 15.1. The first kappa shape index (κ1) is 35.2. The minimum Gasteiger partial charge on any atom is -0.310 e. The fourth-order valence-electron chi connectivity index (χ4n) is 11.1. The minimum atomic E-state index is -0.560. The van der Waals surface area contributed by atoms with Crippen molar-refractivity contribution in [1.29, 1.82) is 0 Å². The number of anilines is 3. The Bertz CT molecular complexity index is 3110. The van der Waals surface area contributed by atoms with Crippen LogP contribution >= 0.6 is 0 Å². The summed E-state index contributed by atoms with van der Waals surface area (Å²) in [5, 5.41) is 2.42. The Morgan fingerprint density at radius 3 is 1.23 bits per heavy atom. The second-order valence-electron chi connectivity index (χ2n) is 16.3. The number of fused-ring (bicyclic) bond motifs is 10. The monoisotopic (exact) mass is 775 g/mol. The van der Waals surface area contributed by atoms with E-state index in [1.54, 1.807) is 0 Å². The lowest BCUT2D eigenvalue weighted by Gasteiger charge is -2.50. The molecule has 0 atom stereocenters. The maximum absolute atomic E-state index is 2.52. The van der Waals surface area contributed by atoms with Crippen LogP contribution in [0.25, 0.3) is 33.0 Å². The molecule has 0 bridgehead atoms. The molecule has 10 aromatic rings. The van der Waals surface area contributed by atoms with Gasteiger partial charge in [-0.25, -0.2) is 0 Å². The van der Waals surface area contributed by atoms with Crippen LogP contribution in [0.5, 0.6) is 0 Å². The van der Waals surface area contributed by atoms with Crippen LogP contribution in [-0.4, -0.2) is 0 Å². The fraction of sp³-hybridized carbons (Fsp3) is 0.0333. The van der Waals surface area contributed by atoms with Gasteiger partial charge in [0.05, 0.1) is 16.5 Å². The van der Waals surface area contributed by atoms with Crippen molar-refractivity contribution in [3.8, 4) is 22.3 Å². The molecule has 0 fully saturated rings. The molecule has 0 N–H and O–H groups in total. The molecule has 12 rings (SSSR count). The molecule has 0 unspecified atom stereocenters. The van der Waals surface area contributed by atoms with E-state index in [0.29, 0.717) is 0 Å². The third-order valence-corrected chi connectivity index (χ3v) is 13.4. The average molecular weight is 776 g/mol. The summed E-state index contributed by atoms with van der Waals surface area (Å²) in [6.45, 7) is 0. The minimum absolute atomic E-state index is 0.536. The first-order chi connectivity index (χ1) is 30.3. The van der Waals surface area contributed by atoms with Crippen LogP contribution in [0.1, 0.15) is 44.5 Å². The zero-order valence-electron chi connectivity index (χ0n) is 33.6. The molecule has 0 saturated heterocycles. The van der Waals surface area contributed by atoms with E-state index < -0.39 is 10.8 Å². The Hall–Kier alpha value is -7.74. The zero-order valence-corrected chi connectivity index (χ0v) is 33.6. The molecule has 1 heteroatoms. The molecular formula is C60H41N. The molecule has 1 nitrogen and oxygen atoms in total. The van der Waals surface area contributed by atoms with E-state index in [2.05, 4.69) is 254 Å². The second kappa shape index (κ2) is 13.9. The van der Waals surface area contributed by atoms with E-state index in [4.69, 9.17) is 0 Å². The predicted octanol–water partition coefficient (Wildman–Crippen LogP) is 15.0. The van der Waals surface area contributed by atoms with Crippen LogP contribution in [-0.2, 0) is 10.8 Å². The van der Waals surface area contributed by atoms with Crippen molar-refractivity contribution in [2.24, 2.45) is 0 Å². The molecule has 0 radical (unpaired) electrons. The SMILES string of the molecule is c1ccc(N(c2ccccc2)c2ccc(-c3ccc4c(c3)C3(c5ccccc5-4)c4ccccc4C(c4ccccc4)(c4ccccc4)c4ccccc43)c3ccccc23)cc1. The number of hydrogen-bond donors (Lipinski definition) is 0. The fourth-order valence-corrected chi connectivity index (χ4v) is 11.1. The molecule has 1 spiro atoms. The lowest BCUT2D eigenvalue weighted by molar-refractivity contribution is 0.624. The van der Waals surface area contributed by atoms with Crippen LogP contribution in [0.3, 0.4) is 0 Å². The third-order valence-electron chi connectivity index (χ3n) is 13.4. The van der Waals surface area contributed by atoms with Gasteiger partial charge in [0, 0.05) is 16.8 Å². The van der Waals surface area contributed by atoms with Gasteiger partial charge < -0.3 is 4.90 Å². The first-order valence-electron chi connectivity index (χ1n) is 21.3. The smallest absolute Gasteiger partial charge is 0.0720 e. The molecule has 2 aliphatic carbocycles. The van der Waals surface area contributed by atoms with Crippen molar-refractivity contribution in [2.75, 3.05) is 4.90 Å². The number of rotatable bonds is 6. The number of nitrogens with zero attached hydrogens (tertiary/aromatic N) is 1. The lowest BCUT2D eigenvalue weighted by atomic mass is 9.51. The largest absolute Gasteiger partial charge is 0.310 e. The molecule has 61 heavy (non-hydrogen) atoms. The van der Waals surface area contributed by atoms with E-state index in [0.717, 1.165) is 17.1 Å². The zero-order chi connectivity index (χ0) is 40.4. The molecule has 0 aromatic heterocycles. The average Bonchev–Trinajstić information content (AvgIpc) is 3.63. The van der Waals surface area contributed by atoms with Crippen molar-refractivity contribution in [2.45, 2.75) is 10.8 Å². The lowest BCUT2D eigenvalue weighted by Crippen LogP contribution is -2.44. The molecule has 0 heterocycles. The summed E-state index contributed by atoms with van der Waals surface area (Å²) in [6.07, 6.45) is 0. The van der Waals surface area contributed by atoms with E-state index in [9.17, 15) is 0 Å². The summed E-state index contributed by atoms with van der Waals surface area (Å²) in [4.78, 5) is 2.38. The summed E-state index contributed by atoms with van der Waals surface area (Å²) in [7, 11) is 0. The van der Waals surface area contributed by atoms with Gasteiger partial charge in [0.15, 0.2) is 0 Å². The van der Waals surface area contributed by atoms with Crippen molar-refractivity contribution in [3.05, 3.63) is 293 Å². The van der Waals surface area contributed by atoms with Crippen molar-refractivity contribution in [3.63, 3.8) is 0 Å². The summed E-state index contributed by atoms with van der Waals surface area (Å²) in [5.41, 5.74) is 17.8. The maximum atomic E-state index is 2.52. The Morgan fingerprint density at radius 2 is 0.672 bits per heavy atom. The highest BCUT2D eigenvalue weighted by Crippen LogP contribution is 2.64. The van der Waals surface area contributed by atoms with Gasteiger partial charge in [0.25, 0.3) is 0 Å². The summed E-state index contributed by atoms with van der Waals surface area (Å²) >= 11 is 0. The maximum Gasteiger partial charge on any atom is 0.0720 e. The van der Waals surface area contributed by atoms with Gasteiger partial charge in [0.1, 0.15) is 0 Å². The Morgan fingerprint density at radius 1 is 0.262 bits per heavy atom. The Labute approximate surface area is 357 Å². The van der Waals surface area contributed by atoms with Gasteiger partial charge in [-0.2, -0.15) is 0 Å². The molecule has 286 valence electrons. The highest BCUT2D eigenvalue weighted by Gasteiger charge is 2.56. The Kier molecular flexibility index (Phi) is 8.05. The van der Waals surface area contributed by atoms with Gasteiger partial charge in [-0.1, -0.05) is 212 Å². The van der Waals surface area contributed by atoms with E-state index in [-0.39, 0.29) is 0 Å². The second-order valence-corrected chi connectivity index (χ2v) is 16.3. The number of para-hydroxylation sites is 2. The van der Waals surface area contributed by atoms with Crippen LogP contribution in [0.15, 0.2) is 249 Å². The number of benzene rings is 10. The molecule has 0 aliphatic heterocycles. The summed E-state index contributed by atoms with van der Waals surface area (Å²) in [5.74, 6) is 0. The van der Waals surface area contributed by atoms with Gasteiger partial charge >= 0.3 is 0 Å². The molecular weight excluding hydrogens is 735 g/mol. The van der Waals surface area contributed by atoms with Crippen molar-refractivity contribution >= 4 is 27.8 Å².